The molecule has 3 rings (SSSR count). The number of nitrogens with zero attached hydrogens (tertiary/aromatic N) is 4. The van der Waals surface area contributed by atoms with Gasteiger partial charge in [0.2, 0.25) is 0 Å². The van der Waals surface area contributed by atoms with Crippen molar-refractivity contribution in [3.63, 3.8) is 0 Å². The third-order valence-electron chi connectivity index (χ3n) is 3.62. The number of aryl methyl sites for hydroxylation is 1. The number of anilines is 1. The smallest absolute Gasteiger partial charge is 0.274 e. The summed E-state index contributed by atoms with van der Waals surface area (Å²) in [6.45, 7) is 3.08. The monoisotopic (exact) mass is 361 g/mol. The van der Waals surface area contributed by atoms with Crippen molar-refractivity contribution >= 4 is 23.2 Å². The van der Waals surface area contributed by atoms with Crippen LogP contribution in [0.5, 0.6) is 0 Å². The first-order chi connectivity index (χ1) is 12.1. The van der Waals surface area contributed by atoms with Crippen LogP contribution in [0.15, 0.2) is 42.9 Å². The van der Waals surface area contributed by atoms with Crippen LogP contribution in [0.3, 0.4) is 0 Å². The van der Waals surface area contributed by atoms with E-state index in [-0.39, 0.29) is 11.7 Å². The Morgan fingerprint density at radius 3 is 2.92 bits per heavy atom. The average molecular weight is 362 g/mol. The Morgan fingerprint density at radius 2 is 2.16 bits per heavy atom. The lowest BCUT2D eigenvalue weighted by atomic mass is 10.2. The number of amides is 1. The molecular weight excluding hydrogens is 345 g/mol. The van der Waals surface area contributed by atoms with Crippen molar-refractivity contribution < 1.29 is 9.18 Å². The highest BCUT2D eigenvalue weighted by atomic mass is 35.5. The van der Waals surface area contributed by atoms with Gasteiger partial charge in [-0.25, -0.2) is 4.39 Å². The summed E-state index contributed by atoms with van der Waals surface area (Å²) in [5.41, 5.74) is 1.80. The highest BCUT2D eigenvalue weighted by Gasteiger charge is 2.13. The molecule has 2 heterocycles. The summed E-state index contributed by atoms with van der Waals surface area (Å²) in [6.07, 6.45) is 5.73. The highest BCUT2D eigenvalue weighted by molar-refractivity contribution is 6.31. The van der Waals surface area contributed by atoms with E-state index in [9.17, 15) is 9.18 Å². The zero-order valence-corrected chi connectivity index (χ0v) is 14.4. The number of rotatable bonds is 6. The zero-order chi connectivity index (χ0) is 17.8. The normalized spacial score (nSPS) is 10.8. The lowest BCUT2D eigenvalue weighted by molar-refractivity contribution is 0.101. The van der Waals surface area contributed by atoms with Crippen LogP contribution in [-0.4, -0.2) is 25.5 Å². The van der Waals surface area contributed by atoms with E-state index < -0.39 is 0 Å². The van der Waals surface area contributed by atoms with Gasteiger partial charge in [-0.2, -0.15) is 10.2 Å². The molecule has 0 bridgehead atoms. The van der Waals surface area contributed by atoms with Gasteiger partial charge < -0.3 is 5.32 Å². The fourth-order valence-electron chi connectivity index (χ4n) is 2.45. The molecule has 0 atom stereocenters. The van der Waals surface area contributed by atoms with E-state index in [1.54, 1.807) is 40.1 Å². The number of carbonyl (C=O) groups excluding carboxylic acids is 1. The molecule has 2 aromatic heterocycles. The second-order valence-electron chi connectivity index (χ2n) is 5.56. The number of benzene rings is 1. The Morgan fingerprint density at radius 1 is 1.32 bits per heavy atom. The Bertz CT molecular complexity index is 889. The molecule has 0 radical (unpaired) electrons. The van der Waals surface area contributed by atoms with Gasteiger partial charge in [0.25, 0.3) is 5.91 Å². The third-order valence-corrected chi connectivity index (χ3v) is 3.98. The van der Waals surface area contributed by atoms with E-state index in [1.165, 1.54) is 12.1 Å². The molecule has 0 saturated heterocycles. The third kappa shape index (κ3) is 4.06. The molecule has 0 fully saturated rings. The average Bonchev–Trinajstić information content (AvgIpc) is 3.20. The van der Waals surface area contributed by atoms with Gasteiger partial charge in [0.05, 0.1) is 18.4 Å². The molecule has 0 unspecified atom stereocenters. The molecule has 1 aromatic carbocycles. The topological polar surface area (TPSA) is 64.7 Å². The van der Waals surface area contributed by atoms with Crippen LogP contribution >= 0.6 is 11.6 Å². The van der Waals surface area contributed by atoms with E-state index in [0.29, 0.717) is 29.5 Å². The van der Waals surface area contributed by atoms with Crippen LogP contribution in [0.2, 0.25) is 5.02 Å². The van der Waals surface area contributed by atoms with Gasteiger partial charge in [-0.3, -0.25) is 14.2 Å². The molecule has 1 amide bonds. The standard InChI is InChI=1S/C17H17ClFN5O/c1-2-7-24-16(5-6-20-24)17(25)22-14-9-21-23(11-14)10-12-3-4-13(19)8-15(12)18/h3-6,8-9,11H,2,7,10H2,1H3,(H,22,25). The molecule has 0 saturated carbocycles. The molecule has 8 heteroatoms. The second kappa shape index (κ2) is 7.48. The molecule has 0 spiro atoms. The van der Waals surface area contributed by atoms with Crippen LogP contribution < -0.4 is 5.32 Å². The quantitative estimate of drug-likeness (QED) is 0.729. The summed E-state index contributed by atoms with van der Waals surface area (Å²) < 4.78 is 16.4. The highest BCUT2D eigenvalue weighted by Crippen LogP contribution is 2.19. The number of aromatic nitrogens is 4. The van der Waals surface area contributed by atoms with Crippen LogP contribution in [-0.2, 0) is 13.1 Å². The van der Waals surface area contributed by atoms with Crippen molar-refractivity contribution in [1.82, 2.24) is 19.6 Å². The number of hydrogen-bond acceptors (Lipinski definition) is 3. The van der Waals surface area contributed by atoms with E-state index in [0.717, 1.165) is 12.0 Å². The maximum atomic E-state index is 13.1. The largest absolute Gasteiger partial charge is 0.318 e. The molecule has 0 aliphatic rings. The summed E-state index contributed by atoms with van der Waals surface area (Å²) in [7, 11) is 0. The Labute approximate surface area is 149 Å². The van der Waals surface area contributed by atoms with Crippen molar-refractivity contribution in [2.24, 2.45) is 0 Å². The van der Waals surface area contributed by atoms with Crippen molar-refractivity contribution in [2.75, 3.05) is 5.32 Å². The van der Waals surface area contributed by atoms with Gasteiger partial charge in [-0.15, -0.1) is 0 Å². The number of carbonyl (C=O) groups is 1. The van der Waals surface area contributed by atoms with Crippen LogP contribution in [0, 0.1) is 5.82 Å². The predicted molar refractivity (Wildman–Crippen MR) is 93.2 cm³/mol. The molecule has 3 aromatic rings. The first kappa shape index (κ1) is 17.2. The first-order valence-electron chi connectivity index (χ1n) is 7.86. The summed E-state index contributed by atoms with van der Waals surface area (Å²) in [6, 6.07) is 5.90. The van der Waals surface area contributed by atoms with Crippen LogP contribution in [0.4, 0.5) is 10.1 Å². The van der Waals surface area contributed by atoms with E-state index >= 15 is 0 Å². The number of halogens is 2. The van der Waals surface area contributed by atoms with Crippen molar-refractivity contribution in [2.45, 2.75) is 26.4 Å². The van der Waals surface area contributed by atoms with E-state index in [4.69, 9.17) is 11.6 Å². The van der Waals surface area contributed by atoms with Crippen LogP contribution in [0.1, 0.15) is 29.4 Å². The van der Waals surface area contributed by atoms with Gasteiger partial charge in [0.1, 0.15) is 11.5 Å². The first-order valence-corrected chi connectivity index (χ1v) is 8.24. The van der Waals surface area contributed by atoms with E-state index in [1.807, 2.05) is 6.92 Å². The van der Waals surface area contributed by atoms with Crippen molar-refractivity contribution in [3.05, 3.63) is 65.0 Å². The molecule has 25 heavy (non-hydrogen) atoms. The maximum Gasteiger partial charge on any atom is 0.274 e. The molecule has 130 valence electrons. The maximum absolute atomic E-state index is 13.1. The van der Waals surface area contributed by atoms with Gasteiger partial charge in [-0.1, -0.05) is 24.6 Å². The lowest BCUT2D eigenvalue weighted by Gasteiger charge is -2.06. The SMILES string of the molecule is CCCn1nccc1C(=O)Nc1cnn(Cc2ccc(F)cc2Cl)c1. The van der Waals surface area contributed by atoms with Gasteiger partial charge in [0, 0.05) is 24.0 Å². The Balaban J connectivity index is 1.69. The minimum Gasteiger partial charge on any atom is -0.318 e. The molecule has 0 aliphatic heterocycles. The number of nitrogens with one attached hydrogen (secondary N) is 1. The zero-order valence-electron chi connectivity index (χ0n) is 13.6. The second-order valence-corrected chi connectivity index (χ2v) is 5.96. The molecule has 0 aliphatic carbocycles. The Hall–Kier alpha value is -2.67. The van der Waals surface area contributed by atoms with Gasteiger partial charge in [0.15, 0.2) is 0 Å². The summed E-state index contributed by atoms with van der Waals surface area (Å²) in [5.74, 6) is -0.629. The number of hydrogen-bond donors (Lipinski definition) is 1. The van der Waals surface area contributed by atoms with Gasteiger partial charge >= 0.3 is 0 Å². The van der Waals surface area contributed by atoms with Crippen molar-refractivity contribution in [1.29, 1.82) is 0 Å². The minimum atomic E-state index is -0.383. The molecular formula is C17H17ClFN5O. The fourth-order valence-corrected chi connectivity index (χ4v) is 2.68. The van der Waals surface area contributed by atoms with Crippen molar-refractivity contribution in [3.8, 4) is 0 Å². The van der Waals surface area contributed by atoms with Crippen LogP contribution in [0.25, 0.3) is 0 Å². The van der Waals surface area contributed by atoms with Gasteiger partial charge in [-0.05, 0) is 30.2 Å². The summed E-state index contributed by atoms with van der Waals surface area (Å²) in [4.78, 5) is 12.4. The fraction of sp³-hybridized carbons (Fsp3) is 0.235. The summed E-state index contributed by atoms with van der Waals surface area (Å²) in [5, 5.41) is 11.5. The molecule has 1 N–H and O–H groups in total. The molecule has 6 nitrogen and oxygen atoms in total. The summed E-state index contributed by atoms with van der Waals surface area (Å²) >= 11 is 6.02. The van der Waals surface area contributed by atoms with E-state index in [2.05, 4.69) is 15.5 Å². The minimum absolute atomic E-state index is 0.245. The Kier molecular flexibility index (Phi) is 5.14. The predicted octanol–water partition coefficient (Wildman–Crippen LogP) is 3.58. The lowest BCUT2D eigenvalue weighted by Crippen LogP contribution is -2.17.